The van der Waals surface area contributed by atoms with Crippen molar-refractivity contribution in [2.75, 3.05) is 14.2 Å². The first-order chi connectivity index (χ1) is 10.1. The molecule has 0 aliphatic rings. The first-order valence-electron chi connectivity index (χ1n) is 6.37. The zero-order valence-corrected chi connectivity index (χ0v) is 11.8. The van der Waals surface area contributed by atoms with Gasteiger partial charge in [0.1, 0.15) is 11.5 Å². The topological polar surface area (TPSA) is 70.9 Å². The Morgan fingerprint density at radius 1 is 1.29 bits per heavy atom. The van der Waals surface area contributed by atoms with Crippen LogP contribution in [0.3, 0.4) is 0 Å². The van der Waals surface area contributed by atoms with Crippen LogP contribution in [0.25, 0.3) is 0 Å². The van der Waals surface area contributed by atoms with Gasteiger partial charge in [0.25, 0.3) is 5.91 Å². The summed E-state index contributed by atoms with van der Waals surface area (Å²) in [7, 11) is 3.13. The van der Waals surface area contributed by atoms with Crippen molar-refractivity contribution in [2.24, 2.45) is 4.99 Å². The van der Waals surface area contributed by atoms with E-state index in [9.17, 15) is 9.90 Å². The Hall–Kier alpha value is -2.82. The molecule has 108 valence electrons. The number of phenolic OH excluding ortho intramolecular Hbond substituents is 1. The summed E-state index contributed by atoms with van der Waals surface area (Å²) in [4.78, 5) is 15.8. The number of ether oxygens (including phenoxy) is 1. The van der Waals surface area contributed by atoms with Gasteiger partial charge in [-0.2, -0.15) is 0 Å². The molecule has 2 aromatic rings. The van der Waals surface area contributed by atoms with Gasteiger partial charge >= 0.3 is 0 Å². The molecule has 5 heteroatoms. The van der Waals surface area contributed by atoms with Crippen LogP contribution in [0.5, 0.6) is 11.5 Å². The molecule has 2 N–H and O–H groups in total. The highest BCUT2D eigenvalue weighted by atomic mass is 16.5. The molecule has 1 amide bonds. The lowest BCUT2D eigenvalue weighted by molar-refractivity contribution is 0.0963. The normalized spacial score (nSPS) is 10.6. The van der Waals surface area contributed by atoms with Gasteiger partial charge in [0, 0.05) is 24.4 Å². The van der Waals surface area contributed by atoms with E-state index in [0.717, 1.165) is 0 Å². The van der Waals surface area contributed by atoms with Crippen molar-refractivity contribution < 1.29 is 14.6 Å². The van der Waals surface area contributed by atoms with Crippen LogP contribution in [0, 0.1) is 0 Å². The quantitative estimate of drug-likeness (QED) is 0.847. The van der Waals surface area contributed by atoms with Crippen LogP contribution >= 0.6 is 0 Å². The maximum atomic E-state index is 11.6. The largest absolute Gasteiger partial charge is 0.507 e. The van der Waals surface area contributed by atoms with Crippen molar-refractivity contribution in [3.05, 3.63) is 53.6 Å². The third kappa shape index (κ3) is 3.60. The van der Waals surface area contributed by atoms with Crippen molar-refractivity contribution in [3.63, 3.8) is 0 Å². The standard InChI is InChI=1S/C16H16N2O3/c1-17-16(20)11-4-3-5-13(8-11)18-10-12-9-14(21-2)6-7-15(12)19/h3-10,19H,1-2H3,(H,17,20). The van der Waals surface area contributed by atoms with E-state index >= 15 is 0 Å². The number of methoxy groups -OCH3 is 1. The van der Waals surface area contributed by atoms with Gasteiger partial charge in [-0.1, -0.05) is 6.07 Å². The molecule has 0 radical (unpaired) electrons. The van der Waals surface area contributed by atoms with Crippen molar-refractivity contribution in [1.29, 1.82) is 0 Å². The third-order valence-corrected chi connectivity index (χ3v) is 2.92. The number of hydrogen-bond acceptors (Lipinski definition) is 4. The van der Waals surface area contributed by atoms with Crippen molar-refractivity contribution in [2.45, 2.75) is 0 Å². The molecular formula is C16H16N2O3. The van der Waals surface area contributed by atoms with Crippen LogP contribution in [0.1, 0.15) is 15.9 Å². The number of carbonyl (C=O) groups excluding carboxylic acids is 1. The van der Waals surface area contributed by atoms with E-state index in [1.54, 1.807) is 56.6 Å². The fourth-order valence-electron chi connectivity index (χ4n) is 1.78. The van der Waals surface area contributed by atoms with Crippen LogP contribution in [-0.4, -0.2) is 31.4 Å². The Morgan fingerprint density at radius 3 is 2.81 bits per heavy atom. The van der Waals surface area contributed by atoms with E-state index in [1.165, 1.54) is 6.21 Å². The van der Waals surface area contributed by atoms with Crippen LogP contribution in [0.4, 0.5) is 5.69 Å². The molecule has 0 spiro atoms. The molecule has 0 bridgehead atoms. The summed E-state index contributed by atoms with van der Waals surface area (Å²) < 4.78 is 5.10. The monoisotopic (exact) mass is 284 g/mol. The molecule has 0 fully saturated rings. The van der Waals surface area contributed by atoms with Crippen molar-refractivity contribution in [1.82, 2.24) is 5.32 Å². The van der Waals surface area contributed by atoms with Gasteiger partial charge in [-0.05, 0) is 36.4 Å². The molecule has 0 aliphatic carbocycles. The van der Waals surface area contributed by atoms with Gasteiger partial charge in [-0.3, -0.25) is 9.79 Å². The summed E-state index contributed by atoms with van der Waals surface area (Å²) in [6, 6.07) is 11.8. The number of rotatable bonds is 4. The molecular weight excluding hydrogens is 268 g/mol. The summed E-state index contributed by atoms with van der Waals surface area (Å²) >= 11 is 0. The first-order valence-corrected chi connectivity index (χ1v) is 6.37. The van der Waals surface area contributed by atoms with Crippen molar-refractivity contribution in [3.8, 4) is 11.5 Å². The summed E-state index contributed by atoms with van der Waals surface area (Å²) in [6.07, 6.45) is 1.53. The fourth-order valence-corrected chi connectivity index (χ4v) is 1.78. The number of phenols is 1. The van der Waals surface area contributed by atoms with E-state index in [1.807, 2.05) is 0 Å². The molecule has 2 aromatic carbocycles. The first kappa shape index (κ1) is 14.6. The van der Waals surface area contributed by atoms with E-state index in [4.69, 9.17) is 4.74 Å². The minimum atomic E-state index is -0.170. The zero-order valence-electron chi connectivity index (χ0n) is 11.8. The maximum Gasteiger partial charge on any atom is 0.251 e. The number of nitrogens with zero attached hydrogens (tertiary/aromatic N) is 1. The molecule has 0 heterocycles. The van der Waals surface area contributed by atoms with Gasteiger partial charge in [0.05, 0.1) is 12.8 Å². The van der Waals surface area contributed by atoms with Gasteiger partial charge in [0.15, 0.2) is 0 Å². The number of carbonyl (C=O) groups is 1. The summed E-state index contributed by atoms with van der Waals surface area (Å²) in [5, 5.41) is 12.3. The van der Waals surface area contributed by atoms with Crippen LogP contribution < -0.4 is 10.1 Å². The van der Waals surface area contributed by atoms with E-state index in [0.29, 0.717) is 22.6 Å². The molecule has 0 aliphatic heterocycles. The lowest BCUT2D eigenvalue weighted by Gasteiger charge is -2.03. The molecule has 5 nitrogen and oxygen atoms in total. The third-order valence-electron chi connectivity index (χ3n) is 2.92. The maximum absolute atomic E-state index is 11.6. The smallest absolute Gasteiger partial charge is 0.251 e. The molecule has 0 unspecified atom stereocenters. The summed E-state index contributed by atoms with van der Waals surface area (Å²) in [5.41, 5.74) is 1.69. The summed E-state index contributed by atoms with van der Waals surface area (Å²) in [6.45, 7) is 0. The average Bonchev–Trinajstić information content (AvgIpc) is 2.53. The SMILES string of the molecule is CNC(=O)c1cccc(N=Cc2cc(OC)ccc2O)c1. The predicted octanol–water partition coefficient (Wildman–Crippen LogP) is 2.51. The van der Waals surface area contributed by atoms with E-state index < -0.39 is 0 Å². The van der Waals surface area contributed by atoms with Gasteiger partial charge < -0.3 is 15.2 Å². The lowest BCUT2D eigenvalue weighted by atomic mass is 10.2. The average molecular weight is 284 g/mol. The minimum Gasteiger partial charge on any atom is -0.507 e. The van der Waals surface area contributed by atoms with E-state index in [2.05, 4.69) is 10.3 Å². The van der Waals surface area contributed by atoms with Crippen LogP contribution in [-0.2, 0) is 0 Å². The number of benzene rings is 2. The number of hydrogen-bond donors (Lipinski definition) is 2. The highest BCUT2D eigenvalue weighted by Crippen LogP contribution is 2.22. The number of amides is 1. The lowest BCUT2D eigenvalue weighted by Crippen LogP contribution is -2.17. The van der Waals surface area contributed by atoms with Crippen molar-refractivity contribution >= 4 is 17.8 Å². The Labute approximate surface area is 122 Å². The Balaban J connectivity index is 2.27. The van der Waals surface area contributed by atoms with Gasteiger partial charge in [0.2, 0.25) is 0 Å². The van der Waals surface area contributed by atoms with Crippen LogP contribution in [0.2, 0.25) is 0 Å². The van der Waals surface area contributed by atoms with Crippen LogP contribution in [0.15, 0.2) is 47.5 Å². The molecule has 2 rings (SSSR count). The number of aromatic hydroxyl groups is 1. The second-order valence-corrected chi connectivity index (χ2v) is 4.31. The highest BCUT2D eigenvalue weighted by molar-refractivity contribution is 5.95. The number of aliphatic imine (C=N–C) groups is 1. The molecule has 0 saturated carbocycles. The van der Waals surface area contributed by atoms with Gasteiger partial charge in [-0.15, -0.1) is 0 Å². The minimum absolute atomic E-state index is 0.113. The summed E-state index contributed by atoms with van der Waals surface area (Å²) in [5.74, 6) is 0.576. The fraction of sp³-hybridized carbons (Fsp3) is 0.125. The molecule has 21 heavy (non-hydrogen) atoms. The predicted molar refractivity (Wildman–Crippen MR) is 81.7 cm³/mol. The second-order valence-electron chi connectivity index (χ2n) is 4.31. The Morgan fingerprint density at radius 2 is 2.10 bits per heavy atom. The van der Waals surface area contributed by atoms with Gasteiger partial charge in [-0.25, -0.2) is 0 Å². The van der Waals surface area contributed by atoms with E-state index in [-0.39, 0.29) is 11.7 Å². The Bertz CT molecular complexity index is 681. The zero-order chi connectivity index (χ0) is 15.2. The molecule has 0 saturated heterocycles. The molecule has 0 atom stereocenters. The molecule has 0 aromatic heterocycles. The number of nitrogens with one attached hydrogen (secondary N) is 1. The second kappa shape index (κ2) is 6.56. The highest BCUT2D eigenvalue weighted by Gasteiger charge is 2.03. The Kier molecular flexibility index (Phi) is 4.56.